The molecule has 1 amide bonds. The lowest BCUT2D eigenvalue weighted by Crippen LogP contribution is -2.34. The number of thiophene rings is 1. The van der Waals surface area contributed by atoms with Crippen molar-refractivity contribution in [3.8, 4) is 5.75 Å². The van der Waals surface area contributed by atoms with E-state index in [9.17, 15) is 4.79 Å². The molecule has 0 aromatic carbocycles. The van der Waals surface area contributed by atoms with Crippen LogP contribution in [-0.2, 0) is 4.79 Å². The van der Waals surface area contributed by atoms with Crippen molar-refractivity contribution in [2.75, 3.05) is 13.2 Å². The van der Waals surface area contributed by atoms with Gasteiger partial charge in [0.25, 0.3) is 5.91 Å². The number of aryl methyl sites for hydroxylation is 1. The van der Waals surface area contributed by atoms with Crippen molar-refractivity contribution in [2.24, 2.45) is 0 Å². The normalized spacial score (nSPS) is 18.0. The van der Waals surface area contributed by atoms with Crippen LogP contribution in [0.2, 0.25) is 0 Å². The molecule has 0 aliphatic carbocycles. The molecule has 2 aromatic heterocycles. The Morgan fingerprint density at radius 2 is 2.38 bits per heavy atom. The lowest BCUT2D eigenvalue weighted by atomic mass is 10.2. The highest BCUT2D eigenvalue weighted by Crippen LogP contribution is 2.34. The molecule has 1 aliphatic rings. The smallest absolute Gasteiger partial charge is 0.261 e. The zero-order valence-corrected chi connectivity index (χ0v) is 12.8. The average Bonchev–Trinajstić information content (AvgIpc) is 3.16. The van der Waals surface area contributed by atoms with E-state index in [1.807, 2.05) is 30.0 Å². The molecule has 21 heavy (non-hydrogen) atoms. The maximum Gasteiger partial charge on any atom is 0.261 e. The minimum atomic E-state index is 0.0477. The third kappa shape index (κ3) is 3.24. The van der Waals surface area contributed by atoms with Crippen LogP contribution < -0.4 is 4.74 Å². The van der Waals surface area contributed by atoms with Crippen LogP contribution in [0.25, 0.3) is 0 Å². The fourth-order valence-electron chi connectivity index (χ4n) is 2.61. The molecule has 110 valence electrons. The maximum atomic E-state index is 12.4. The highest BCUT2D eigenvalue weighted by Gasteiger charge is 2.30. The SMILES string of the molecule is Cc1ccc(OCC(=O)N2CCCC2c2cccs2)cn1. The Hall–Kier alpha value is -1.88. The molecular formula is C16H18N2O2S. The molecule has 5 heteroatoms. The van der Waals surface area contributed by atoms with Gasteiger partial charge in [0.1, 0.15) is 5.75 Å². The number of likely N-dealkylation sites (tertiary alicyclic amines) is 1. The van der Waals surface area contributed by atoms with E-state index in [1.54, 1.807) is 17.5 Å². The second-order valence-corrected chi connectivity index (χ2v) is 6.16. The summed E-state index contributed by atoms with van der Waals surface area (Å²) in [6.45, 7) is 2.81. The third-order valence-electron chi connectivity index (χ3n) is 3.69. The Morgan fingerprint density at radius 3 is 3.10 bits per heavy atom. The Kier molecular flexibility index (Phi) is 4.20. The number of ether oxygens (including phenoxy) is 1. The lowest BCUT2D eigenvalue weighted by Gasteiger charge is -2.23. The summed E-state index contributed by atoms with van der Waals surface area (Å²) in [5.74, 6) is 0.687. The second kappa shape index (κ2) is 6.26. The van der Waals surface area contributed by atoms with Crippen LogP contribution in [0.15, 0.2) is 35.8 Å². The first kappa shape index (κ1) is 14.1. The molecule has 3 rings (SSSR count). The van der Waals surface area contributed by atoms with Crippen molar-refractivity contribution >= 4 is 17.2 Å². The number of carbonyl (C=O) groups is 1. The fraction of sp³-hybridized carbons (Fsp3) is 0.375. The molecule has 0 spiro atoms. The predicted molar refractivity (Wildman–Crippen MR) is 82.5 cm³/mol. The summed E-state index contributed by atoms with van der Waals surface area (Å²) < 4.78 is 5.55. The van der Waals surface area contributed by atoms with Crippen LogP contribution in [0.3, 0.4) is 0 Å². The number of amides is 1. The minimum absolute atomic E-state index is 0.0477. The van der Waals surface area contributed by atoms with Crippen molar-refractivity contribution in [2.45, 2.75) is 25.8 Å². The quantitative estimate of drug-likeness (QED) is 0.871. The topological polar surface area (TPSA) is 42.4 Å². The average molecular weight is 302 g/mol. The van der Waals surface area contributed by atoms with E-state index in [4.69, 9.17) is 4.74 Å². The molecular weight excluding hydrogens is 284 g/mol. The molecule has 2 aromatic rings. The van der Waals surface area contributed by atoms with Crippen molar-refractivity contribution < 1.29 is 9.53 Å². The summed E-state index contributed by atoms with van der Waals surface area (Å²) in [6.07, 6.45) is 3.75. The van der Waals surface area contributed by atoms with Gasteiger partial charge in [-0.25, -0.2) is 0 Å². The zero-order chi connectivity index (χ0) is 14.7. The molecule has 0 radical (unpaired) electrons. The van der Waals surface area contributed by atoms with Gasteiger partial charge in [0, 0.05) is 17.1 Å². The molecule has 3 heterocycles. The molecule has 1 atom stereocenters. The van der Waals surface area contributed by atoms with Gasteiger partial charge in [-0.1, -0.05) is 6.07 Å². The number of aromatic nitrogens is 1. The first-order valence-electron chi connectivity index (χ1n) is 7.12. The molecule has 1 unspecified atom stereocenters. The fourth-order valence-corrected chi connectivity index (χ4v) is 3.48. The van der Waals surface area contributed by atoms with E-state index in [0.717, 1.165) is 25.1 Å². The van der Waals surface area contributed by atoms with E-state index in [-0.39, 0.29) is 18.6 Å². The van der Waals surface area contributed by atoms with Gasteiger partial charge in [-0.15, -0.1) is 11.3 Å². The van der Waals surface area contributed by atoms with E-state index < -0.39 is 0 Å². The van der Waals surface area contributed by atoms with Crippen molar-refractivity contribution in [1.82, 2.24) is 9.88 Å². The van der Waals surface area contributed by atoms with Crippen LogP contribution >= 0.6 is 11.3 Å². The molecule has 1 saturated heterocycles. The van der Waals surface area contributed by atoms with Gasteiger partial charge in [0.2, 0.25) is 0 Å². The summed E-state index contributed by atoms with van der Waals surface area (Å²) in [6, 6.07) is 8.08. The van der Waals surface area contributed by atoms with Crippen molar-refractivity contribution in [1.29, 1.82) is 0 Å². The van der Waals surface area contributed by atoms with Crippen LogP contribution in [0.4, 0.5) is 0 Å². The van der Waals surface area contributed by atoms with E-state index in [2.05, 4.69) is 16.4 Å². The first-order chi connectivity index (χ1) is 10.2. The van der Waals surface area contributed by atoms with Crippen LogP contribution in [0, 0.1) is 6.92 Å². The van der Waals surface area contributed by atoms with Gasteiger partial charge in [-0.3, -0.25) is 9.78 Å². The number of hydrogen-bond donors (Lipinski definition) is 0. The predicted octanol–water partition coefficient (Wildman–Crippen LogP) is 3.19. The minimum Gasteiger partial charge on any atom is -0.482 e. The van der Waals surface area contributed by atoms with Crippen LogP contribution in [0.1, 0.15) is 29.5 Å². The van der Waals surface area contributed by atoms with Crippen molar-refractivity contribution in [3.05, 3.63) is 46.4 Å². The number of pyridine rings is 1. The number of hydrogen-bond acceptors (Lipinski definition) is 4. The Bertz CT molecular complexity index is 595. The van der Waals surface area contributed by atoms with Crippen LogP contribution in [0.5, 0.6) is 5.75 Å². The third-order valence-corrected chi connectivity index (χ3v) is 4.66. The molecule has 0 N–H and O–H groups in total. The molecule has 4 nitrogen and oxygen atoms in total. The standard InChI is InChI=1S/C16H18N2O2S/c1-12-6-7-13(10-17-12)20-11-16(19)18-8-2-4-14(18)15-5-3-9-21-15/h3,5-7,9-10,14H,2,4,8,11H2,1H3. The lowest BCUT2D eigenvalue weighted by molar-refractivity contribution is -0.134. The van der Waals surface area contributed by atoms with Gasteiger partial charge >= 0.3 is 0 Å². The van der Waals surface area contributed by atoms with Gasteiger partial charge in [0.15, 0.2) is 6.61 Å². The van der Waals surface area contributed by atoms with E-state index in [0.29, 0.717) is 5.75 Å². The molecule has 1 fully saturated rings. The number of carbonyl (C=O) groups excluding carboxylic acids is 1. The van der Waals surface area contributed by atoms with E-state index >= 15 is 0 Å². The number of rotatable bonds is 4. The summed E-state index contributed by atoms with van der Waals surface area (Å²) in [5, 5.41) is 2.06. The molecule has 0 saturated carbocycles. The Labute approximate surface area is 128 Å². The summed E-state index contributed by atoms with van der Waals surface area (Å²) in [5.41, 5.74) is 0.936. The van der Waals surface area contributed by atoms with Gasteiger partial charge < -0.3 is 9.64 Å². The maximum absolute atomic E-state index is 12.4. The first-order valence-corrected chi connectivity index (χ1v) is 8.00. The van der Waals surface area contributed by atoms with Gasteiger partial charge in [-0.2, -0.15) is 0 Å². The monoisotopic (exact) mass is 302 g/mol. The summed E-state index contributed by atoms with van der Waals surface area (Å²) in [7, 11) is 0. The van der Waals surface area contributed by atoms with Gasteiger partial charge in [0.05, 0.1) is 12.2 Å². The highest BCUT2D eigenvalue weighted by atomic mass is 32.1. The van der Waals surface area contributed by atoms with Crippen LogP contribution in [-0.4, -0.2) is 28.9 Å². The second-order valence-electron chi connectivity index (χ2n) is 5.18. The summed E-state index contributed by atoms with van der Waals surface area (Å²) >= 11 is 1.71. The van der Waals surface area contributed by atoms with Crippen molar-refractivity contribution in [3.63, 3.8) is 0 Å². The highest BCUT2D eigenvalue weighted by molar-refractivity contribution is 7.10. The zero-order valence-electron chi connectivity index (χ0n) is 12.0. The largest absolute Gasteiger partial charge is 0.482 e. The Balaban J connectivity index is 1.61. The summed E-state index contributed by atoms with van der Waals surface area (Å²) in [4.78, 5) is 19.7. The molecule has 0 bridgehead atoms. The van der Waals surface area contributed by atoms with E-state index in [1.165, 1.54) is 4.88 Å². The molecule has 1 aliphatic heterocycles. The Morgan fingerprint density at radius 1 is 1.48 bits per heavy atom. The van der Waals surface area contributed by atoms with Gasteiger partial charge in [-0.05, 0) is 43.3 Å². The number of nitrogens with zero attached hydrogens (tertiary/aromatic N) is 2.